The molecule has 19 heavy (non-hydrogen) atoms. The third kappa shape index (κ3) is 4.44. The second-order valence-corrected chi connectivity index (χ2v) is 5.57. The number of nitrogens with one attached hydrogen (secondary N) is 1. The molecule has 1 fully saturated rings. The first-order valence-corrected chi connectivity index (χ1v) is 6.87. The van der Waals surface area contributed by atoms with E-state index in [1.165, 1.54) is 18.2 Å². The van der Waals surface area contributed by atoms with Crippen molar-refractivity contribution in [2.45, 2.75) is 37.8 Å². The van der Waals surface area contributed by atoms with E-state index < -0.39 is 0 Å². The van der Waals surface area contributed by atoms with Gasteiger partial charge in [-0.3, -0.25) is 4.79 Å². The van der Waals surface area contributed by atoms with Crippen molar-refractivity contribution < 1.29 is 9.18 Å². The molecule has 0 atom stereocenters. The van der Waals surface area contributed by atoms with E-state index in [-0.39, 0.29) is 36.2 Å². The average Bonchev–Trinajstić information content (AvgIpc) is 2.35. The summed E-state index contributed by atoms with van der Waals surface area (Å²) in [5.74, 6) is -0.522. The van der Waals surface area contributed by atoms with Crippen LogP contribution < -0.4 is 11.1 Å². The highest BCUT2D eigenvalue weighted by molar-refractivity contribution is 9.10. The van der Waals surface area contributed by atoms with Gasteiger partial charge in [-0.25, -0.2) is 4.39 Å². The molecule has 1 saturated carbocycles. The molecule has 0 bridgehead atoms. The summed E-state index contributed by atoms with van der Waals surface area (Å²) < 4.78 is 13.4. The number of nitrogens with two attached hydrogens (primary N) is 1. The van der Waals surface area contributed by atoms with E-state index >= 15 is 0 Å². The second-order valence-electron chi connectivity index (χ2n) is 4.71. The van der Waals surface area contributed by atoms with Gasteiger partial charge in [-0.15, -0.1) is 12.4 Å². The highest BCUT2D eigenvalue weighted by Crippen LogP contribution is 2.19. The van der Waals surface area contributed by atoms with E-state index in [0.29, 0.717) is 10.0 Å². The van der Waals surface area contributed by atoms with Crippen LogP contribution in [0.25, 0.3) is 0 Å². The van der Waals surface area contributed by atoms with Crippen LogP contribution >= 0.6 is 28.3 Å². The Bertz CT molecular complexity index is 450. The van der Waals surface area contributed by atoms with E-state index in [1.54, 1.807) is 0 Å². The molecule has 106 valence electrons. The molecule has 1 aromatic rings. The summed E-state index contributed by atoms with van der Waals surface area (Å²) in [4.78, 5) is 12.0. The fourth-order valence-electron chi connectivity index (χ4n) is 2.17. The molecule has 1 aromatic carbocycles. The number of amides is 1. The predicted molar refractivity (Wildman–Crippen MR) is 79.0 cm³/mol. The highest BCUT2D eigenvalue weighted by atomic mass is 79.9. The summed E-state index contributed by atoms with van der Waals surface area (Å²) in [5, 5.41) is 2.96. The molecular weight excluding hydrogens is 335 g/mol. The van der Waals surface area contributed by atoms with Gasteiger partial charge in [0.1, 0.15) is 5.82 Å². The molecule has 3 N–H and O–H groups in total. The summed E-state index contributed by atoms with van der Waals surface area (Å²) >= 11 is 3.08. The van der Waals surface area contributed by atoms with Gasteiger partial charge in [0.15, 0.2) is 0 Å². The van der Waals surface area contributed by atoms with Gasteiger partial charge in [0.2, 0.25) is 0 Å². The van der Waals surface area contributed by atoms with Crippen molar-refractivity contribution in [1.29, 1.82) is 0 Å². The van der Waals surface area contributed by atoms with Crippen LogP contribution in [0.3, 0.4) is 0 Å². The van der Waals surface area contributed by atoms with Gasteiger partial charge in [0.25, 0.3) is 5.91 Å². The fraction of sp³-hybridized carbons (Fsp3) is 0.462. The molecule has 0 radical (unpaired) electrons. The van der Waals surface area contributed by atoms with Crippen LogP contribution in [-0.2, 0) is 0 Å². The van der Waals surface area contributed by atoms with E-state index in [2.05, 4.69) is 21.2 Å². The first kappa shape index (κ1) is 16.4. The molecule has 2 rings (SSSR count). The Morgan fingerprint density at radius 3 is 2.53 bits per heavy atom. The minimum atomic E-state index is -0.366. The third-order valence-corrected chi connectivity index (χ3v) is 3.90. The average molecular weight is 352 g/mol. The summed E-state index contributed by atoms with van der Waals surface area (Å²) in [5.41, 5.74) is 6.29. The Kier molecular flexibility index (Phi) is 6.23. The zero-order valence-corrected chi connectivity index (χ0v) is 12.8. The van der Waals surface area contributed by atoms with Gasteiger partial charge < -0.3 is 11.1 Å². The van der Waals surface area contributed by atoms with Crippen molar-refractivity contribution in [3.8, 4) is 0 Å². The minimum absolute atomic E-state index is 0. The zero-order chi connectivity index (χ0) is 13.1. The number of halogens is 3. The molecule has 1 aliphatic carbocycles. The molecule has 0 heterocycles. The van der Waals surface area contributed by atoms with Gasteiger partial charge in [0, 0.05) is 17.6 Å². The van der Waals surface area contributed by atoms with Gasteiger partial charge in [-0.1, -0.05) is 0 Å². The predicted octanol–water partition coefficient (Wildman–Crippen LogP) is 3.01. The Morgan fingerprint density at radius 2 is 1.95 bits per heavy atom. The third-order valence-electron chi connectivity index (χ3n) is 3.29. The van der Waals surface area contributed by atoms with E-state index in [4.69, 9.17) is 5.73 Å². The summed E-state index contributed by atoms with van der Waals surface area (Å²) in [6, 6.07) is 4.72. The Morgan fingerprint density at radius 1 is 1.32 bits per heavy atom. The number of carbonyl (C=O) groups is 1. The summed E-state index contributed by atoms with van der Waals surface area (Å²) in [6.45, 7) is 0. The van der Waals surface area contributed by atoms with Crippen molar-refractivity contribution in [3.63, 3.8) is 0 Å². The lowest BCUT2D eigenvalue weighted by Gasteiger charge is -2.26. The van der Waals surface area contributed by atoms with E-state index in [9.17, 15) is 9.18 Å². The molecule has 0 saturated heterocycles. The smallest absolute Gasteiger partial charge is 0.251 e. The van der Waals surface area contributed by atoms with E-state index in [0.717, 1.165) is 25.7 Å². The normalized spacial score (nSPS) is 22.5. The minimum Gasteiger partial charge on any atom is -0.349 e. The molecule has 1 aliphatic rings. The number of carbonyl (C=O) groups excluding carboxylic acids is 1. The maximum atomic E-state index is 13.1. The van der Waals surface area contributed by atoms with Crippen LogP contribution in [0.5, 0.6) is 0 Å². The molecule has 0 spiro atoms. The van der Waals surface area contributed by atoms with Crippen LogP contribution in [0.2, 0.25) is 0 Å². The number of hydrogen-bond donors (Lipinski definition) is 2. The molecule has 1 amide bonds. The van der Waals surface area contributed by atoms with Gasteiger partial charge in [0.05, 0.1) is 4.47 Å². The number of rotatable bonds is 2. The summed E-state index contributed by atoms with van der Waals surface area (Å²) in [7, 11) is 0. The van der Waals surface area contributed by atoms with Crippen LogP contribution in [0, 0.1) is 5.82 Å². The fourth-order valence-corrected chi connectivity index (χ4v) is 2.55. The van der Waals surface area contributed by atoms with Crippen LogP contribution in [0.4, 0.5) is 4.39 Å². The maximum absolute atomic E-state index is 13.1. The van der Waals surface area contributed by atoms with Crippen LogP contribution in [-0.4, -0.2) is 18.0 Å². The molecule has 0 aromatic heterocycles. The maximum Gasteiger partial charge on any atom is 0.251 e. The SMILES string of the molecule is Cl.NC1CCC(NC(=O)c2ccc(F)c(Br)c2)CC1. The molecule has 0 aliphatic heterocycles. The quantitative estimate of drug-likeness (QED) is 0.860. The lowest BCUT2D eigenvalue weighted by Crippen LogP contribution is -2.40. The largest absolute Gasteiger partial charge is 0.349 e. The Labute approximate surface area is 126 Å². The van der Waals surface area contributed by atoms with Crippen molar-refractivity contribution in [2.75, 3.05) is 0 Å². The van der Waals surface area contributed by atoms with Crippen molar-refractivity contribution >= 4 is 34.2 Å². The van der Waals surface area contributed by atoms with Crippen LogP contribution in [0.15, 0.2) is 22.7 Å². The zero-order valence-electron chi connectivity index (χ0n) is 10.4. The first-order valence-electron chi connectivity index (χ1n) is 6.08. The Balaban J connectivity index is 0.00000180. The molecule has 3 nitrogen and oxygen atoms in total. The van der Waals surface area contributed by atoms with Crippen molar-refractivity contribution in [2.24, 2.45) is 5.73 Å². The lowest BCUT2D eigenvalue weighted by molar-refractivity contribution is 0.0926. The van der Waals surface area contributed by atoms with Gasteiger partial charge >= 0.3 is 0 Å². The monoisotopic (exact) mass is 350 g/mol. The molecule has 6 heteroatoms. The number of hydrogen-bond acceptors (Lipinski definition) is 2. The van der Waals surface area contributed by atoms with E-state index in [1.807, 2.05) is 0 Å². The number of benzene rings is 1. The van der Waals surface area contributed by atoms with Crippen molar-refractivity contribution in [1.82, 2.24) is 5.32 Å². The second kappa shape index (κ2) is 7.22. The van der Waals surface area contributed by atoms with Gasteiger partial charge in [-0.2, -0.15) is 0 Å². The molecule has 0 unspecified atom stereocenters. The topological polar surface area (TPSA) is 55.1 Å². The Hall–Kier alpha value is -0.650. The van der Waals surface area contributed by atoms with Crippen molar-refractivity contribution in [3.05, 3.63) is 34.1 Å². The van der Waals surface area contributed by atoms with Crippen LogP contribution in [0.1, 0.15) is 36.0 Å². The summed E-state index contributed by atoms with van der Waals surface area (Å²) in [6.07, 6.45) is 3.71. The van der Waals surface area contributed by atoms with Gasteiger partial charge in [-0.05, 0) is 59.8 Å². The standard InChI is InChI=1S/C13H16BrFN2O.ClH/c14-11-7-8(1-6-12(11)15)13(18)17-10-4-2-9(16)3-5-10;/h1,6-7,9-10H,2-5,16H2,(H,17,18);1H. The lowest BCUT2D eigenvalue weighted by atomic mass is 9.91. The highest BCUT2D eigenvalue weighted by Gasteiger charge is 2.20. The molecular formula is C13H17BrClFN2O. The first-order chi connectivity index (χ1) is 8.56.